The summed E-state index contributed by atoms with van der Waals surface area (Å²) in [6, 6.07) is 16.7. The van der Waals surface area contributed by atoms with Crippen molar-refractivity contribution in [1.82, 2.24) is 4.90 Å². The number of likely N-dealkylation sites (tertiary alicyclic amines) is 1. The molecule has 2 aliphatic rings. The van der Waals surface area contributed by atoms with E-state index in [1.165, 1.54) is 5.56 Å². The molecule has 2 aromatic carbocycles. The van der Waals surface area contributed by atoms with Crippen LogP contribution in [-0.4, -0.2) is 46.1 Å². The Hall–Kier alpha value is -2.17. The summed E-state index contributed by atoms with van der Waals surface area (Å²) >= 11 is 0. The summed E-state index contributed by atoms with van der Waals surface area (Å²) in [4.78, 5) is 14.7. The Kier molecular flexibility index (Phi) is 5.02. The van der Waals surface area contributed by atoms with Gasteiger partial charge < -0.3 is 15.1 Å². The third-order valence-corrected chi connectivity index (χ3v) is 6.16. The van der Waals surface area contributed by atoms with E-state index in [1.807, 2.05) is 18.2 Å². The Balaban J connectivity index is 1.27. The Morgan fingerprint density at radius 1 is 1.00 bits per heavy atom. The van der Waals surface area contributed by atoms with E-state index in [0.29, 0.717) is 23.8 Å². The molecular weight excluding hydrogens is 338 g/mol. The lowest BCUT2D eigenvalue weighted by molar-refractivity contribution is 0.0353. The van der Waals surface area contributed by atoms with Crippen LogP contribution in [0, 0.1) is 11.8 Å². The molecule has 2 unspecified atom stereocenters. The van der Waals surface area contributed by atoms with E-state index in [1.54, 1.807) is 24.3 Å². The fourth-order valence-electron chi connectivity index (χ4n) is 4.91. The summed E-state index contributed by atoms with van der Waals surface area (Å²) in [5.74, 6) is 1.36. The van der Waals surface area contributed by atoms with Gasteiger partial charge in [0.1, 0.15) is 5.75 Å². The smallest absolute Gasteiger partial charge is 0.164 e. The van der Waals surface area contributed by atoms with Gasteiger partial charge in [0, 0.05) is 38.0 Å². The van der Waals surface area contributed by atoms with E-state index in [4.69, 9.17) is 0 Å². The quantitative estimate of drug-likeness (QED) is 0.772. The molecule has 1 aliphatic heterocycles. The number of benzene rings is 2. The lowest BCUT2D eigenvalue weighted by Gasteiger charge is -2.26. The predicted molar refractivity (Wildman–Crippen MR) is 105 cm³/mol. The number of nitrogens with zero attached hydrogens (tertiary/aromatic N) is 1. The third kappa shape index (κ3) is 4.23. The molecular formula is C23H27NO3. The largest absolute Gasteiger partial charge is 0.508 e. The van der Waals surface area contributed by atoms with E-state index in [0.717, 1.165) is 38.9 Å². The first-order chi connectivity index (χ1) is 13.0. The van der Waals surface area contributed by atoms with Crippen LogP contribution in [0.5, 0.6) is 5.75 Å². The van der Waals surface area contributed by atoms with Gasteiger partial charge in [-0.15, -0.1) is 0 Å². The molecule has 0 spiro atoms. The van der Waals surface area contributed by atoms with Gasteiger partial charge in [-0.1, -0.05) is 30.3 Å². The maximum atomic E-state index is 12.3. The van der Waals surface area contributed by atoms with Crippen molar-refractivity contribution in [3.8, 4) is 5.75 Å². The van der Waals surface area contributed by atoms with Crippen LogP contribution in [0.25, 0.3) is 0 Å². The zero-order valence-corrected chi connectivity index (χ0v) is 15.6. The number of aliphatic hydroxyl groups is 1. The first-order valence-electron chi connectivity index (χ1n) is 9.82. The molecule has 0 bridgehead atoms. The average molecular weight is 365 g/mol. The first-order valence-corrected chi connectivity index (χ1v) is 9.82. The van der Waals surface area contributed by atoms with Crippen molar-refractivity contribution in [1.29, 1.82) is 0 Å². The highest BCUT2D eigenvalue weighted by Crippen LogP contribution is 2.45. The monoisotopic (exact) mass is 365 g/mol. The van der Waals surface area contributed by atoms with Gasteiger partial charge in [-0.2, -0.15) is 0 Å². The zero-order valence-electron chi connectivity index (χ0n) is 15.6. The normalized spacial score (nSPS) is 27.6. The molecule has 4 heteroatoms. The van der Waals surface area contributed by atoms with Crippen molar-refractivity contribution >= 4 is 5.78 Å². The van der Waals surface area contributed by atoms with E-state index in [-0.39, 0.29) is 11.5 Å². The Morgan fingerprint density at radius 3 is 2.26 bits per heavy atom. The molecule has 1 saturated heterocycles. The zero-order chi connectivity index (χ0) is 18.9. The minimum absolute atomic E-state index is 0.118. The molecule has 0 amide bonds. The van der Waals surface area contributed by atoms with E-state index in [2.05, 4.69) is 17.0 Å². The number of rotatable bonds is 6. The van der Waals surface area contributed by atoms with Crippen LogP contribution < -0.4 is 0 Å². The van der Waals surface area contributed by atoms with Gasteiger partial charge in [-0.05, 0) is 54.5 Å². The molecule has 142 valence electrons. The SMILES string of the molecule is O=C(CCN1CC2CC(O)(Cc3ccccc3)C[C@H]2C1)c1ccc(O)cc1. The fraction of sp³-hybridized carbons (Fsp3) is 0.435. The lowest BCUT2D eigenvalue weighted by atomic mass is 9.91. The molecule has 0 aromatic heterocycles. The minimum Gasteiger partial charge on any atom is -0.508 e. The topological polar surface area (TPSA) is 60.8 Å². The minimum atomic E-state index is -0.579. The fourth-order valence-corrected chi connectivity index (χ4v) is 4.91. The number of Topliss-reactive ketones (excluding diaryl/α,β-unsaturated/α-hetero) is 1. The van der Waals surface area contributed by atoms with Crippen LogP contribution in [0.1, 0.15) is 35.2 Å². The maximum Gasteiger partial charge on any atom is 0.164 e. The summed E-state index contributed by atoms with van der Waals surface area (Å²) in [5, 5.41) is 20.4. The van der Waals surface area contributed by atoms with Crippen molar-refractivity contribution in [2.75, 3.05) is 19.6 Å². The van der Waals surface area contributed by atoms with Gasteiger partial charge >= 0.3 is 0 Å². The van der Waals surface area contributed by atoms with E-state index >= 15 is 0 Å². The number of phenolic OH excluding ortho intramolecular Hbond substituents is 1. The predicted octanol–water partition coefficient (Wildman–Crippen LogP) is 3.28. The van der Waals surface area contributed by atoms with Crippen LogP contribution in [0.3, 0.4) is 0 Å². The Morgan fingerprint density at radius 2 is 1.63 bits per heavy atom. The number of carbonyl (C=O) groups is 1. The molecule has 0 radical (unpaired) electrons. The van der Waals surface area contributed by atoms with Gasteiger partial charge in [-0.3, -0.25) is 4.79 Å². The molecule has 2 fully saturated rings. The molecule has 3 atom stereocenters. The van der Waals surface area contributed by atoms with Crippen molar-refractivity contribution in [2.45, 2.75) is 31.3 Å². The second kappa shape index (κ2) is 7.45. The van der Waals surface area contributed by atoms with Crippen LogP contribution in [0.15, 0.2) is 54.6 Å². The highest BCUT2D eigenvalue weighted by atomic mass is 16.3. The van der Waals surface area contributed by atoms with Crippen molar-refractivity contribution in [3.63, 3.8) is 0 Å². The summed E-state index contributed by atoms with van der Waals surface area (Å²) < 4.78 is 0. The molecule has 1 saturated carbocycles. The number of hydrogen-bond donors (Lipinski definition) is 2. The van der Waals surface area contributed by atoms with Gasteiger partial charge in [0.15, 0.2) is 5.78 Å². The van der Waals surface area contributed by atoms with Crippen molar-refractivity contribution in [3.05, 3.63) is 65.7 Å². The second-order valence-corrected chi connectivity index (χ2v) is 8.29. The van der Waals surface area contributed by atoms with Crippen LogP contribution in [-0.2, 0) is 6.42 Å². The van der Waals surface area contributed by atoms with Crippen LogP contribution in [0.4, 0.5) is 0 Å². The highest BCUT2D eigenvalue weighted by Gasteiger charge is 2.47. The van der Waals surface area contributed by atoms with Crippen LogP contribution in [0.2, 0.25) is 0 Å². The molecule has 2 N–H and O–H groups in total. The number of hydrogen-bond acceptors (Lipinski definition) is 4. The number of aromatic hydroxyl groups is 1. The van der Waals surface area contributed by atoms with E-state index in [9.17, 15) is 15.0 Å². The summed E-state index contributed by atoms with van der Waals surface area (Å²) in [6.45, 7) is 2.72. The average Bonchev–Trinajstić information content (AvgIpc) is 3.15. The number of fused-ring (bicyclic) bond motifs is 1. The molecule has 27 heavy (non-hydrogen) atoms. The summed E-state index contributed by atoms with van der Waals surface area (Å²) in [7, 11) is 0. The van der Waals surface area contributed by atoms with Gasteiger partial charge in [0.2, 0.25) is 0 Å². The maximum absolute atomic E-state index is 12.3. The van der Waals surface area contributed by atoms with Gasteiger partial charge in [0.25, 0.3) is 0 Å². The molecule has 4 rings (SSSR count). The third-order valence-electron chi connectivity index (χ3n) is 6.16. The van der Waals surface area contributed by atoms with Crippen molar-refractivity contribution < 1.29 is 15.0 Å². The number of phenols is 1. The molecule has 1 heterocycles. The van der Waals surface area contributed by atoms with E-state index < -0.39 is 5.60 Å². The summed E-state index contributed by atoms with van der Waals surface area (Å²) in [5.41, 5.74) is 1.28. The van der Waals surface area contributed by atoms with Gasteiger partial charge in [-0.25, -0.2) is 0 Å². The van der Waals surface area contributed by atoms with Crippen LogP contribution >= 0.6 is 0 Å². The standard InChI is InChI=1S/C23H27NO3/c25-21-8-6-18(7-9-21)22(26)10-11-24-15-19-13-23(27,14-20(19)16-24)12-17-4-2-1-3-5-17/h1-9,19-20,25,27H,10-16H2/t19-,20?,23?/m0/s1. The first kappa shape index (κ1) is 18.2. The lowest BCUT2D eigenvalue weighted by Crippen LogP contribution is -2.32. The second-order valence-electron chi connectivity index (χ2n) is 8.29. The molecule has 1 aliphatic carbocycles. The molecule has 2 aromatic rings. The Labute approximate surface area is 160 Å². The van der Waals surface area contributed by atoms with Crippen molar-refractivity contribution in [2.24, 2.45) is 11.8 Å². The summed E-state index contributed by atoms with van der Waals surface area (Å²) in [6.07, 6.45) is 2.95. The van der Waals surface area contributed by atoms with Gasteiger partial charge in [0.05, 0.1) is 5.60 Å². The Bertz CT molecular complexity index is 773. The highest BCUT2D eigenvalue weighted by molar-refractivity contribution is 5.96. The number of ketones is 1. The molecule has 4 nitrogen and oxygen atoms in total. The number of carbonyl (C=O) groups excluding carboxylic acids is 1.